The molecule has 1 atom stereocenters. The summed E-state index contributed by atoms with van der Waals surface area (Å²) in [6.07, 6.45) is 1.87. The Hall–Kier alpha value is -2.83. The zero-order valence-electron chi connectivity index (χ0n) is 13.8. The molecule has 0 bridgehead atoms. The topological polar surface area (TPSA) is 35.9 Å². The van der Waals surface area contributed by atoms with Gasteiger partial charge in [-0.15, -0.1) is 0 Å². The van der Waals surface area contributed by atoms with Crippen LogP contribution in [0.2, 0.25) is 0 Å². The number of benzene rings is 2. The zero-order valence-corrected chi connectivity index (χ0v) is 13.8. The van der Waals surface area contributed by atoms with Crippen molar-refractivity contribution in [2.24, 2.45) is 5.10 Å². The SMILES string of the molecule is O=C(N1CC(F)(c2ccccc2)C1)N1N=CC[C@H]1c1cc(F)cc(F)c1. The van der Waals surface area contributed by atoms with Gasteiger partial charge in [-0.05, 0) is 23.3 Å². The Morgan fingerprint density at radius 3 is 2.38 bits per heavy atom. The summed E-state index contributed by atoms with van der Waals surface area (Å²) >= 11 is 0. The van der Waals surface area contributed by atoms with Crippen molar-refractivity contribution < 1.29 is 18.0 Å². The van der Waals surface area contributed by atoms with Crippen LogP contribution >= 0.6 is 0 Å². The number of alkyl halides is 1. The van der Waals surface area contributed by atoms with Gasteiger partial charge in [0.15, 0.2) is 5.67 Å². The first-order valence-corrected chi connectivity index (χ1v) is 8.27. The summed E-state index contributed by atoms with van der Waals surface area (Å²) < 4.78 is 41.9. The van der Waals surface area contributed by atoms with E-state index in [2.05, 4.69) is 5.10 Å². The molecule has 1 saturated heterocycles. The number of halogens is 3. The lowest BCUT2D eigenvalue weighted by Crippen LogP contribution is -2.61. The summed E-state index contributed by atoms with van der Waals surface area (Å²) in [4.78, 5) is 14.0. The average Bonchev–Trinajstić information content (AvgIpc) is 3.08. The van der Waals surface area contributed by atoms with E-state index in [4.69, 9.17) is 0 Å². The minimum atomic E-state index is -1.58. The summed E-state index contributed by atoms with van der Waals surface area (Å²) in [5.74, 6) is -1.43. The van der Waals surface area contributed by atoms with Gasteiger partial charge in [-0.2, -0.15) is 5.10 Å². The molecular formula is C19H16F3N3O. The smallest absolute Gasteiger partial charge is 0.316 e. The fraction of sp³-hybridized carbons (Fsp3) is 0.263. The van der Waals surface area contributed by atoms with Gasteiger partial charge in [0.05, 0.1) is 19.1 Å². The lowest BCUT2D eigenvalue weighted by atomic mass is 9.88. The fourth-order valence-corrected chi connectivity index (χ4v) is 3.40. The van der Waals surface area contributed by atoms with Crippen LogP contribution in [0.5, 0.6) is 0 Å². The second kappa shape index (κ2) is 6.16. The van der Waals surface area contributed by atoms with Gasteiger partial charge in [0.1, 0.15) is 11.6 Å². The molecule has 4 nitrogen and oxygen atoms in total. The van der Waals surface area contributed by atoms with Gasteiger partial charge < -0.3 is 4.90 Å². The molecule has 0 aliphatic carbocycles. The third kappa shape index (κ3) is 2.83. The first-order valence-electron chi connectivity index (χ1n) is 8.27. The van der Waals surface area contributed by atoms with Gasteiger partial charge in [-0.3, -0.25) is 0 Å². The van der Waals surface area contributed by atoms with Gasteiger partial charge in [0.2, 0.25) is 0 Å². The van der Waals surface area contributed by atoms with Crippen LogP contribution in [0.15, 0.2) is 53.6 Å². The molecule has 0 N–H and O–H groups in total. The Labute approximate surface area is 148 Å². The molecule has 2 aromatic carbocycles. The van der Waals surface area contributed by atoms with Crippen LogP contribution < -0.4 is 0 Å². The molecule has 7 heteroatoms. The Morgan fingerprint density at radius 1 is 1.08 bits per heavy atom. The number of hydrogen-bond donors (Lipinski definition) is 0. The Morgan fingerprint density at radius 2 is 1.73 bits per heavy atom. The van der Waals surface area contributed by atoms with E-state index < -0.39 is 29.4 Å². The highest BCUT2D eigenvalue weighted by Gasteiger charge is 2.49. The molecule has 4 rings (SSSR count). The normalized spacial score (nSPS) is 21.0. The van der Waals surface area contributed by atoms with E-state index in [0.717, 1.165) is 6.07 Å². The minimum absolute atomic E-state index is 0.0773. The standard InChI is InChI=1S/C19H16F3N3O/c20-15-8-13(9-16(21)10-15)17-6-7-23-25(17)18(26)24-11-19(22,12-24)14-4-2-1-3-5-14/h1-5,7-10,17H,6,11-12H2/t17-/m0/s1. The van der Waals surface area contributed by atoms with E-state index in [1.807, 2.05) is 0 Å². The molecule has 0 saturated carbocycles. The van der Waals surface area contributed by atoms with E-state index in [1.54, 1.807) is 30.3 Å². The summed E-state index contributed by atoms with van der Waals surface area (Å²) in [6.45, 7) is -0.155. The number of urea groups is 1. The van der Waals surface area contributed by atoms with Crippen LogP contribution in [0, 0.1) is 11.6 Å². The predicted molar refractivity (Wildman–Crippen MR) is 90.2 cm³/mol. The van der Waals surface area contributed by atoms with Crippen LogP contribution in [0.3, 0.4) is 0 Å². The molecule has 0 radical (unpaired) electrons. The summed E-state index contributed by atoms with van der Waals surface area (Å²) in [6, 6.07) is 10.7. The number of amides is 2. The number of likely N-dealkylation sites (tertiary alicyclic amines) is 1. The van der Waals surface area contributed by atoms with Gasteiger partial charge in [0, 0.05) is 18.7 Å². The van der Waals surface area contributed by atoms with Crippen LogP contribution in [-0.2, 0) is 5.67 Å². The number of rotatable bonds is 2. The second-order valence-corrected chi connectivity index (χ2v) is 6.57. The first-order chi connectivity index (χ1) is 12.5. The highest BCUT2D eigenvalue weighted by Crippen LogP contribution is 2.38. The highest BCUT2D eigenvalue weighted by atomic mass is 19.1. The summed E-state index contributed by atoms with van der Waals surface area (Å²) in [5, 5.41) is 5.19. The van der Waals surface area contributed by atoms with Crippen molar-refractivity contribution >= 4 is 12.2 Å². The van der Waals surface area contributed by atoms with Crippen molar-refractivity contribution in [2.45, 2.75) is 18.1 Å². The molecule has 2 amide bonds. The average molecular weight is 359 g/mol. The molecule has 0 spiro atoms. The van der Waals surface area contributed by atoms with Crippen molar-refractivity contribution in [1.29, 1.82) is 0 Å². The monoisotopic (exact) mass is 359 g/mol. The predicted octanol–water partition coefficient (Wildman–Crippen LogP) is 4.00. The Bertz CT molecular complexity index is 845. The van der Waals surface area contributed by atoms with Gasteiger partial charge in [-0.1, -0.05) is 30.3 Å². The van der Waals surface area contributed by atoms with Crippen LogP contribution in [-0.4, -0.2) is 35.2 Å². The maximum atomic E-state index is 14.9. The van der Waals surface area contributed by atoms with E-state index in [1.165, 1.54) is 28.3 Å². The van der Waals surface area contributed by atoms with Crippen molar-refractivity contribution in [3.63, 3.8) is 0 Å². The van der Waals surface area contributed by atoms with Crippen LogP contribution in [0.1, 0.15) is 23.6 Å². The van der Waals surface area contributed by atoms with E-state index in [-0.39, 0.29) is 13.1 Å². The van der Waals surface area contributed by atoms with E-state index >= 15 is 0 Å². The van der Waals surface area contributed by atoms with Gasteiger partial charge >= 0.3 is 6.03 Å². The Kier molecular flexibility index (Phi) is 3.94. The summed E-state index contributed by atoms with van der Waals surface area (Å²) in [7, 11) is 0. The Balaban J connectivity index is 1.49. The molecule has 0 unspecified atom stereocenters. The molecule has 2 aliphatic rings. The van der Waals surface area contributed by atoms with Crippen LogP contribution in [0.25, 0.3) is 0 Å². The number of nitrogens with zero attached hydrogens (tertiary/aromatic N) is 3. The van der Waals surface area contributed by atoms with Crippen LogP contribution in [0.4, 0.5) is 18.0 Å². The molecule has 1 fully saturated rings. The maximum absolute atomic E-state index is 14.9. The molecule has 2 heterocycles. The lowest BCUT2D eigenvalue weighted by Gasteiger charge is -2.45. The molecular weight excluding hydrogens is 343 g/mol. The minimum Gasteiger partial charge on any atom is -0.316 e. The third-order valence-corrected chi connectivity index (χ3v) is 4.74. The number of carbonyl (C=O) groups excluding carboxylic acids is 1. The number of hydrogen-bond acceptors (Lipinski definition) is 2. The zero-order chi connectivity index (χ0) is 18.3. The lowest BCUT2D eigenvalue weighted by molar-refractivity contribution is -0.0211. The quantitative estimate of drug-likeness (QED) is 0.798. The molecule has 2 aliphatic heterocycles. The van der Waals surface area contributed by atoms with E-state index in [9.17, 15) is 18.0 Å². The second-order valence-electron chi connectivity index (χ2n) is 6.57. The van der Waals surface area contributed by atoms with Gasteiger partial charge in [-0.25, -0.2) is 23.0 Å². The van der Waals surface area contributed by atoms with Gasteiger partial charge in [0.25, 0.3) is 0 Å². The largest absolute Gasteiger partial charge is 0.341 e. The summed E-state index contributed by atoms with van der Waals surface area (Å²) in [5.41, 5.74) is -0.734. The van der Waals surface area contributed by atoms with Crippen molar-refractivity contribution in [1.82, 2.24) is 9.91 Å². The van der Waals surface area contributed by atoms with E-state index in [0.29, 0.717) is 17.5 Å². The fourth-order valence-electron chi connectivity index (χ4n) is 3.40. The third-order valence-electron chi connectivity index (χ3n) is 4.74. The molecule has 2 aromatic rings. The highest BCUT2D eigenvalue weighted by molar-refractivity contribution is 5.79. The first kappa shape index (κ1) is 16.6. The molecule has 0 aromatic heterocycles. The maximum Gasteiger partial charge on any atom is 0.341 e. The van der Waals surface area contributed by atoms with Crippen molar-refractivity contribution in [3.05, 3.63) is 71.3 Å². The number of hydrazone groups is 1. The molecule has 26 heavy (non-hydrogen) atoms. The van der Waals surface area contributed by atoms with Crippen molar-refractivity contribution in [3.8, 4) is 0 Å². The van der Waals surface area contributed by atoms with Crippen molar-refractivity contribution in [2.75, 3.05) is 13.1 Å². The number of carbonyl (C=O) groups is 1. The molecule has 134 valence electrons.